The second-order valence-electron chi connectivity index (χ2n) is 13.8. The topological polar surface area (TPSA) is 78.9 Å². The van der Waals surface area contributed by atoms with Crippen LogP contribution in [0.15, 0.2) is 37.5 Å². The number of carbonyl (C=O) groups is 3. The van der Waals surface area contributed by atoms with Crippen LogP contribution in [0.25, 0.3) is 0 Å². The van der Waals surface area contributed by atoms with E-state index in [0.29, 0.717) is 25.2 Å². The van der Waals surface area contributed by atoms with E-state index < -0.39 is 81.1 Å². The summed E-state index contributed by atoms with van der Waals surface area (Å²) < 4.78 is 216. The fourth-order valence-electron chi connectivity index (χ4n) is 9.12. The van der Waals surface area contributed by atoms with Gasteiger partial charge in [0.05, 0.1) is 0 Å². The van der Waals surface area contributed by atoms with Crippen LogP contribution in [0.4, 0.5) is 61.5 Å². The summed E-state index contributed by atoms with van der Waals surface area (Å²) in [5.74, 6) is -52.4. The third kappa shape index (κ3) is 3.85. The standard InChI is InChI=1S/C16H20O4.C14H6F14O2/c1-3-13(17)19-15-6-11-5-12(7-15)9-16(8-11,10-15)20-14(18)4-2;1-3(2)4(29)30-11-8(19,20)5-6(15,16)9(21,13(11,25)26)12(23,24)10(22,7(5,17)18)14(11,27)28/h3-4,11-12H,1-2,5-10H2;5H,1H2,2H3. The first-order chi connectivity index (χ1) is 22.4. The van der Waals surface area contributed by atoms with Crippen molar-refractivity contribution in [2.45, 2.75) is 109 Å². The van der Waals surface area contributed by atoms with Gasteiger partial charge in [-0.25, -0.2) is 49.5 Å². The van der Waals surface area contributed by atoms with Crippen LogP contribution in [0.1, 0.15) is 45.4 Å². The maximum absolute atomic E-state index is 14.7. The Hall–Kier alpha value is -3.35. The number of rotatable bonds is 6. The highest BCUT2D eigenvalue weighted by Crippen LogP contribution is 2.87. The molecule has 2 unspecified atom stereocenters. The fourth-order valence-corrected chi connectivity index (χ4v) is 9.12. The molecule has 0 aromatic carbocycles. The lowest BCUT2D eigenvalue weighted by Crippen LogP contribution is -3.06. The lowest BCUT2D eigenvalue weighted by Gasteiger charge is -2.72. The number of carbonyl (C=O) groups excluding carboxylic acids is 3. The fraction of sp³-hybridized carbons (Fsp3) is 0.700. The highest BCUT2D eigenvalue weighted by Gasteiger charge is 3.19. The molecule has 0 amide bonds. The van der Waals surface area contributed by atoms with E-state index in [1.54, 1.807) is 0 Å². The van der Waals surface area contributed by atoms with Crippen LogP contribution in [0.2, 0.25) is 0 Å². The van der Waals surface area contributed by atoms with Crippen LogP contribution >= 0.6 is 0 Å². The van der Waals surface area contributed by atoms with Crippen molar-refractivity contribution in [1.29, 1.82) is 0 Å². The van der Waals surface area contributed by atoms with Crippen LogP contribution in [0.5, 0.6) is 0 Å². The molecular formula is C30H26F14O6. The molecule has 8 rings (SSSR count). The lowest BCUT2D eigenvalue weighted by molar-refractivity contribution is -0.596. The van der Waals surface area contributed by atoms with Crippen LogP contribution in [0, 0.1) is 17.8 Å². The zero-order valence-electron chi connectivity index (χ0n) is 25.5. The molecule has 2 atom stereocenters. The van der Waals surface area contributed by atoms with Crippen LogP contribution in [-0.4, -0.2) is 81.6 Å². The Balaban J connectivity index is 0.000000210. The predicted octanol–water partition coefficient (Wildman–Crippen LogP) is 7.27. The second kappa shape index (κ2) is 10.2. The summed E-state index contributed by atoms with van der Waals surface area (Å²) >= 11 is 0. The summed E-state index contributed by atoms with van der Waals surface area (Å²) in [4.78, 5) is 34.7. The molecule has 0 N–H and O–H groups in total. The summed E-state index contributed by atoms with van der Waals surface area (Å²) in [6.45, 7) is 9.91. The van der Waals surface area contributed by atoms with E-state index in [1.807, 2.05) is 0 Å². The van der Waals surface area contributed by atoms with Gasteiger partial charge in [0, 0.05) is 24.1 Å². The van der Waals surface area contributed by atoms with Crippen molar-refractivity contribution in [1.82, 2.24) is 0 Å². The molecule has 8 aliphatic carbocycles. The number of hydrogen-bond donors (Lipinski definition) is 0. The first kappa shape index (κ1) is 37.9. The summed E-state index contributed by atoms with van der Waals surface area (Å²) in [5, 5.41) is 0. The van der Waals surface area contributed by atoms with Gasteiger partial charge in [-0.1, -0.05) is 19.7 Å². The van der Waals surface area contributed by atoms with Crippen molar-refractivity contribution in [3.05, 3.63) is 37.5 Å². The van der Waals surface area contributed by atoms with Gasteiger partial charge in [0.2, 0.25) is 0 Å². The molecule has 0 aromatic rings. The Labute approximate surface area is 272 Å². The smallest absolute Gasteiger partial charge is 0.344 e. The van der Waals surface area contributed by atoms with Gasteiger partial charge in [-0.05, 0) is 50.9 Å². The van der Waals surface area contributed by atoms with Crippen molar-refractivity contribution in [3.8, 4) is 0 Å². The van der Waals surface area contributed by atoms with E-state index in [-0.39, 0.29) is 11.9 Å². The number of hydrogen-bond acceptors (Lipinski definition) is 6. The molecule has 280 valence electrons. The molecule has 0 aliphatic heterocycles. The molecule has 6 nitrogen and oxygen atoms in total. The summed E-state index contributed by atoms with van der Waals surface area (Å²) in [7, 11) is 0. The van der Waals surface area contributed by atoms with Gasteiger partial charge in [-0.15, -0.1) is 0 Å². The zero-order valence-corrected chi connectivity index (χ0v) is 25.5. The zero-order chi connectivity index (χ0) is 38.3. The van der Waals surface area contributed by atoms with Gasteiger partial charge in [-0.3, -0.25) is 0 Å². The highest BCUT2D eigenvalue weighted by molar-refractivity contribution is 5.88. The van der Waals surface area contributed by atoms with E-state index in [9.17, 15) is 75.8 Å². The molecular weight excluding hydrogens is 722 g/mol. The first-order valence-corrected chi connectivity index (χ1v) is 14.7. The van der Waals surface area contributed by atoms with Gasteiger partial charge in [0.15, 0.2) is 5.92 Å². The average Bonchev–Trinajstić information content (AvgIpc) is 2.94. The van der Waals surface area contributed by atoms with Crippen LogP contribution in [-0.2, 0) is 28.6 Å². The van der Waals surface area contributed by atoms with Gasteiger partial charge in [0.1, 0.15) is 11.2 Å². The molecule has 0 radical (unpaired) electrons. The molecule has 20 heteroatoms. The lowest BCUT2D eigenvalue weighted by atomic mass is 9.41. The van der Waals surface area contributed by atoms with Crippen molar-refractivity contribution in [2.75, 3.05) is 0 Å². The minimum Gasteiger partial charge on any atom is -0.456 e. The highest BCUT2D eigenvalue weighted by atomic mass is 19.3. The summed E-state index contributed by atoms with van der Waals surface area (Å²) in [5.41, 5.74) is -23.8. The minimum atomic E-state index is -7.65. The minimum absolute atomic E-state index is 0.378. The Morgan fingerprint density at radius 3 is 1.28 bits per heavy atom. The van der Waals surface area contributed by atoms with Crippen LogP contribution in [0.3, 0.4) is 0 Å². The second-order valence-corrected chi connectivity index (χ2v) is 13.8. The first-order valence-electron chi connectivity index (χ1n) is 14.7. The Morgan fingerprint density at radius 2 is 0.960 bits per heavy atom. The summed E-state index contributed by atoms with van der Waals surface area (Å²) in [6.07, 6.45) is 7.73. The van der Waals surface area contributed by atoms with Crippen LogP contribution < -0.4 is 0 Å². The number of alkyl halides is 14. The molecule has 8 aliphatic rings. The van der Waals surface area contributed by atoms with Crippen molar-refractivity contribution < 1.29 is 90.1 Å². The Kier molecular flexibility index (Phi) is 7.70. The maximum Gasteiger partial charge on any atom is 0.344 e. The van der Waals surface area contributed by atoms with Crippen molar-refractivity contribution >= 4 is 17.9 Å². The van der Waals surface area contributed by atoms with Gasteiger partial charge in [0.25, 0.3) is 0 Å². The van der Waals surface area contributed by atoms with E-state index >= 15 is 0 Å². The molecule has 50 heavy (non-hydrogen) atoms. The molecule has 8 saturated carbocycles. The SMILES string of the molecule is C=C(C)C(=O)OC12C(F)(F)C3C(F)(F)C(F)(C(F)(F)C(F)(C3(F)F)C1(F)F)C2(F)F.C=CC(=O)OC12CC3CC(C1)CC(OC(=O)C=C)(C3)C2. The third-order valence-corrected chi connectivity index (χ3v) is 10.6. The van der Waals surface area contributed by atoms with Crippen molar-refractivity contribution in [2.24, 2.45) is 17.8 Å². The predicted molar refractivity (Wildman–Crippen MR) is 137 cm³/mol. The van der Waals surface area contributed by atoms with Gasteiger partial charge >= 0.3 is 70.4 Å². The largest absolute Gasteiger partial charge is 0.456 e. The van der Waals surface area contributed by atoms with E-state index in [2.05, 4.69) is 24.5 Å². The third-order valence-electron chi connectivity index (χ3n) is 10.6. The number of halogens is 14. The van der Waals surface area contributed by atoms with E-state index in [4.69, 9.17) is 9.47 Å². The summed E-state index contributed by atoms with van der Waals surface area (Å²) in [6, 6.07) is 0. The molecule has 0 aromatic heterocycles. The van der Waals surface area contributed by atoms with E-state index in [0.717, 1.165) is 32.1 Å². The monoisotopic (exact) mass is 748 g/mol. The molecule has 0 saturated heterocycles. The molecule has 8 bridgehead atoms. The Bertz CT molecular complexity index is 1480. The quantitative estimate of drug-likeness (QED) is 0.123. The Morgan fingerprint density at radius 1 is 0.600 bits per heavy atom. The number of esters is 3. The number of ether oxygens (including phenoxy) is 3. The average molecular weight is 749 g/mol. The normalized spacial score (nSPS) is 43.5. The van der Waals surface area contributed by atoms with E-state index in [1.165, 1.54) is 12.2 Å². The molecule has 8 fully saturated rings. The van der Waals surface area contributed by atoms with Gasteiger partial charge in [-0.2, -0.15) is 26.3 Å². The molecule has 0 spiro atoms. The maximum atomic E-state index is 14.7. The molecule has 0 heterocycles. The van der Waals surface area contributed by atoms with Gasteiger partial charge < -0.3 is 14.2 Å². The van der Waals surface area contributed by atoms with Crippen molar-refractivity contribution in [3.63, 3.8) is 0 Å².